The molecule has 0 aliphatic heterocycles. The van der Waals surface area contributed by atoms with Crippen molar-refractivity contribution < 1.29 is 27.9 Å². The monoisotopic (exact) mass is 447 g/mol. The van der Waals surface area contributed by atoms with E-state index >= 15 is 0 Å². The molecular formula is C22H26FN3O6. The van der Waals surface area contributed by atoms with Crippen LogP contribution in [0.4, 0.5) is 4.39 Å². The van der Waals surface area contributed by atoms with Gasteiger partial charge in [-0.05, 0) is 44.4 Å². The first-order chi connectivity index (χ1) is 15.2. The number of benzene rings is 1. The molecule has 2 aromatic rings. The maximum absolute atomic E-state index is 13.5. The number of hydrogen-bond acceptors (Lipinski definition) is 7. The molecule has 1 aromatic heterocycles. The number of nitrogens with one attached hydrogen (secondary N) is 2. The number of halogens is 1. The van der Waals surface area contributed by atoms with Crippen molar-refractivity contribution in [1.29, 1.82) is 0 Å². The topological polar surface area (TPSA) is 124 Å². The lowest BCUT2D eigenvalue weighted by molar-refractivity contribution is -0.143. The summed E-state index contributed by atoms with van der Waals surface area (Å²) in [4.78, 5) is 35.4. The molecule has 0 fully saturated rings. The third-order valence-corrected chi connectivity index (χ3v) is 4.46. The van der Waals surface area contributed by atoms with Crippen LogP contribution in [-0.4, -0.2) is 41.8 Å². The number of H-pyrrole nitrogens is 1. The van der Waals surface area contributed by atoms with Gasteiger partial charge in [0.25, 0.3) is 0 Å². The molecular weight excluding hydrogens is 421 g/mol. The Kier molecular flexibility index (Phi) is 8.94. The van der Waals surface area contributed by atoms with E-state index in [1.54, 1.807) is 38.1 Å². The Labute approximate surface area is 184 Å². The molecule has 0 saturated carbocycles. The lowest BCUT2D eigenvalue weighted by Crippen LogP contribution is -2.38. The normalized spacial score (nSPS) is 13.2. The van der Waals surface area contributed by atoms with Gasteiger partial charge in [-0.3, -0.25) is 9.59 Å². The quantitative estimate of drug-likeness (QED) is 0.326. The van der Waals surface area contributed by atoms with Crippen molar-refractivity contribution in [3.05, 3.63) is 69.5 Å². The van der Waals surface area contributed by atoms with Crippen molar-refractivity contribution in [2.24, 2.45) is 0 Å². The summed E-state index contributed by atoms with van der Waals surface area (Å²) in [5, 5.41) is 8.12. The van der Waals surface area contributed by atoms with Gasteiger partial charge in [-0.15, -0.1) is 5.10 Å². The average molecular weight is 447 g/mol. The Hall–Kier alpha value is -3.69. The zero-order chi connectivity index (χ0) is 23.7. The van der Waals surface area contributed by atoms with E-state index in [-0.39, 0.29) is 18.9 Å². The van der Waals surface area contributed by atoms with E-state index in [1.807, 2.05) is 5.10 Å². The SMILES string of the molecule is CCOC(=O)CC(Cc1ccc(C(C=C(C)F)=C(C)OC)cc1)NC(=O)c1n[nH]c(=O)o1. The minimum atomic E-state index is -0.861. The zero-order valence-electron chi connectivity index (χ0n) is 18.4. The summed E-state index contributed by atoms with van der Waals surface area (Å²) >= 11 is 0. The summed E-state index contributed by atoms with van der Waals surface area (Å²) in [6.07, 6.45) is 1.59. The fourth-order valence-corrected chi connectivity index (χ4v) is 2.97. The molecule has 0 aliphatic rings. The highest BCUT2D eigenvalue weighted by Crippen LogP contribution is 2.23. The number of aromatic amines is 1. The smallest absolute Gasteiger partial charge is 0.434 e. The summed E-state index contributed by atoms with van der Waals surface area (Å²) in [6, 6.07) is 6.56. The Balaban J connectivity index is 2.22. The van der Waals surface area contributed by atoms with Crippen LogP contribution in [0.15, 0.2) is 51.1 Å². The van der Waals surface area contributed by atoms with Gasteiger partial charge in [0.05, 0.1) is 26.0 Å². The van der Waals surface area contributed by atoms with Crippen LogP contribution in [0.1, 0.15) is 49.0 Å². The number of nitrogens with zero attached hydrogens (tertiary/aromatic N) is 1. The van der Waals surface area contributed by atoms with Crippen LogP contribution in [0.3, 0.4) is 0 Å². The minimum absolute atomic E-state index is 0.0896. The molecule has 0 spiro atoms. The lowest BCUT2D eigenvalue weighted by atomic mass is 9.98. The second kappa shape index (κ2) is 11.6. The van der Waals surface area contributed by atoms with E-state index in [2.05, 4.69) is 14.8 Å². The molecule has 1 atom stereocenters. The number of esters is 1. The van der Waals surface area contributed by atoms with Gasteiger partial charge in [0.1, 0.15) is 5.76 Å². The van der Waals surface area contributed by atoms with Crippen molar-refractivity contribution in [3.63, 3.8) is 0 Å². The Morgan fingerprint density at radius 1 is 1.28 bits per heavy atom. The molecule has 1 unspecified atom stereocenters. The Morgan fingerprint density at radius 2 is 1.97 bits per heavy atom. The van der Waals surface area contributed by atoms with Gasteiger partial charge in [0, 0.05) is 11.6 Å². The standard InChI is InChI=1S/C22H26FN3O6/c1-5-31-19(27)12-17(24-20(28)21-25-26-22(29)32-21)11-15-6-8-16(9-7-15)18(10-13(2)23)14(3)30-4/h6-10,17H,5,11-12H2,1-4H3,(H,24,28)(H,26,29). The molecule has 0 radical (unpaired) electrons. The van der Waals surface area contributed by atoms with Crippen molar-refractivity contribution in [2.75, 3.05) is 13.7 Å². The molecule has 2 rings (SSSR count). The number of aromatic nitrogens is 2. The zero-order valence-corrected chi connectivity index (χ0v) is 18.4. The number of allylic oxidation sites excluding steroid dienone is 4. The fraction of sp³-hybridized carbons (Fsp3) is 0.364. The highest BCUT2D eigenvalue weighted by atomic mass is 19.1. The number of hydrogen-bond donors (Lipinski definition) is 2. The number of ether oxygens (including phenoxy) is 2. The molecule has 10 heteroatoms. The van der Waals surface area contributed by atoms with Gasteiger partial charge in [-0.25, -0.2) is 14.3 Å². The average Bonchev–Trinajstić information content (AvgIpc) is 3.18. The van der Waals surface area contributed by atoms with Gasteiger partial charge in [-0.2, -0.15) is 0 Å². The third-order valence-electron chi connectivity index (χ3n) is 4.46. The van der Waals surface area contributed by atoms with E-state index in [0.717, 1.165) is 11.1 Å². The number of rotatable bonds is 10. The Morgan fingerprint density at radius 3 is 2.50 bits per heavy atom. The van der Waals surface area contributed by atoms with Crippen LogP contribution in [0.2, 0.25) is 0 Å². The predicted molar refractivity (Wildman–Crippen MR) is 114 cm³/mol. The van der Waals surface area contributed by atoms with Gasteiger partial charge in [-0.1, -0.05) is 24.3 Å². The van der Waals surface area contributed by atoms with Gasteiger partial charge in [0.15, 0.2) is 0 Å². The predicted octanol–water partition coefficient (Wildman–Crippen LogP) is 2.91. The molecule has 1 amide bonds. The van der Waals surface area contributed by atoms with Crippen LogP contribution in [0, 0.1) is 0 Å². The molecule has 9 nitrogen and oxygen atoms in total. The molecule has 0 aliphatic carbocycles. The Bertz CT molecular complexity index is 1050. The van der Waals surface area contributed by atoms with Crippen molar-refractivity contribution >= 4 is 17.4 Å². The number of methoxy groups -OCH3 is 1. The molecule has 32 heavy (non-hydrogen) atoms. The highest BCUT2D eigenvalue weighted by Gasteiger charge is 2.22. The summed E-state index contributed by atoms with van der Waals surface area (Å²) in [5.74, 6) is -2.32. The van der Waals surface area contributed by atoms with E-state index in [9.17, 15) is 18.8 Å². The lowest BCUT2D eigenvalue weighted by Gasteiger charge is -2.17. The summed E-state index contributed by atoms with van der Waals surface area (Å²) < 4.78 is 28.4. The van der Waals surface area contributed by atoms with E-state index in [0.29, 0.717) is 17.8 Å². The maximum atomic E-state index is 13.5. The number of carbonyl (C=O) groups is 2. The van der Waals surface area contributed by atoms with Crippen LogP contribution in [0.5, 0.6) is 0 Å². The molecule has 0 bridgehead atoms. The fourth-order valence-electron chi connectivity index (χ4n) is 2.97. The molecule has 172 valence electrons. The van der Waals surface area contributed by atoms with Crippen LogP contribution in [-0.2, 0) is 20.7 Å². The largest absolute Gasteiger partial charge is 0.501 e. The minimum Gasteiger partial charge on any atom is -0.501 e. The van der Waals surface area contributed by atoms with Gasteiger partial charge in [0.2, 0.25) is 0 Å². The van der Waals surface area contributed by atoms with Crippen molar-refractivity contribution in [1.82, 2.24) is 15.5 Å². The van der Waals surface area contributed by atoms with Crippen LogP contribution < -0.4 is 11.1 Å². The van der Waals surface area contributed by atoms with E-state index < -0.39 is 29.6 Å². The van der Waals surface area contributed by atoms with Crippen LogP contribution >= 0.6 is 0 Å². The summed E-state index contributed by atoms with van der Waals surface area (Å²) in [5.41, 5.74) is 2.15. The molecule has 1 heterocycles. The maximum Gasteiger partial charge on any atom is 0.434 e. The van der Waals surface area contributed by atoms with E-state index in [4.69, 9.17) is 9.47 Å². The highest BCUT2D eigenvalue weighted by molar-refractivity contribution is 5.90. The van der Waals surface area contributed by atoms with E-state index in [1.165, 1.54) is 20.1 Å². The number of carbonyl (C=O) groups excluding carboxylic acids is 2. The first kappa shape index (κ1) is 24.6. The second-order valence-electron chi connectivity index (χ2n) is 6.90. The first-order valence-corrected chi connectivity index (χ1v) is 9.93. The second-order valence-corrected chi connectivity index (χ2v) is 6.90. The number of amides is 1. The van der Waals surface area contributed by atoms with Crippen molar-refractivity contribution in [2.45, 2.75) is 39.7 Å². The molecule has 2 N–H and O–H groups in total. The summed E-state index contributed by atoms with van der Waals surface area (Å²) in [7, 11) is 1.51. The summed E-state index contributed by atoms with van der Waals surface area (Å²) in [6.45, 7) is 4.98. The molecule has 0 saturated heterocycles. The van der Waals surface area contributed by atoms with Crippen LogP contribution in [0.25, 0.3) is 5.57 Å². The molecule has 1 aromatic carbocycles. The first-order valence-electron chi connectivity index (χ1n) is 9.93. The van der Waals surface area contributed by atoms with Crippen molar-refractivity contribution in [3.8, 4) is 0 Å². The van der Waals surface area contributed by atoms with Gasteiger partial charge < -0.3 is 19.2 Å². The van der Waals surface area contributed by atoms with Gasteiger partial charge >= 0.3 is 23.5 Å². The third kappa shape index (κ3) is 7.22.